The molecule has 4 fully saturated rings. The lowest BCUT2D eigenvalue weighted by atomic mass is 9.88. The Balaban J connectivity index is 0.720. The van der Waals surface area contributed by atoms with E-state index in [-0.39, 0.29) is 42.9 Å². The Morgan fingerprint density at radius 3 is 2.37 bits per heavy atom. The number of ether oxygens (including phenoxy) is 2. The quantitative estimate of drug-likeness (QED) is 0.205. The number of carbonyl (C=O) groups excluding carboxylic acids is 4. The van der Waals surface area contributed by atoms with Crippen LogP contribution in [0.15, 0.2) is 48.8 Å². The Kier molecular flexibility index (Phi) is 11.3. The van der Waals surface area contributed by atoms with E-state index in [0.29, 0.717) is 50.9 Å². The number of benzene rings is 2. The van der Waals surface area contributed by atoms with Gasteiger partial charge in [0.1, 0.15) is 41.2 Å². The van der Waals surface area contributed by atoms with Gasteiger partial charge in [-0.05, 0) is 94.5 Å². The third kappa shape index (κ3) is 8.53. The summed E-state index contributed by atoms with van der Waals surface area (Å²) in [5, 5.41) is 29.3. The number of rotatable bonds is 11. The van der Waals surface area contributed by atoms with Gasteiger partial charge in [-0.15, -0.1) is 0 Å². The van der Waals surface area contributed by atoms with Crippen molar-refractivity contribution < 1.29 is 33.8 Å². The highest BCUT2D eigenvalue weighted by Gasteiger charge is 2.44. The van der Waals surface area contributed by atoms with Crippen LogP contribution in [0, 0.1) is 17.2 Å². The Morgan fingerprint density at radius 1 is 0.930 bits per heavy atom. The van der Waals surface area contributed by atoms with Gasteiger partial charge in [0.25, 0.3) is 11.8 Å². The third-order valence-corrected chi connectivity index (χ3v) is 12.2. The summed E-state index contributed by atoms with van der Waals surface area (Å²) in [5.41, 5.74) is 1.45. The molecule has 298 valence electrons. The van der Waals surface area contributed by atoms with Crippen LogP contribution in [0.3, 0.4) is 0 Å². The molecule has 2 aliphatic carbocycles. The number of carbonyl (C=O) groups is 4. The maximum atomic E-state index is 13.2. The minimum absolute atomic E-state index is 0.00914. The molecular formula is C41H45ClN8O7. The van der Waals surface area contributed by atoms with Crippen molar-refractivity contribution in [1.29, 1.82) is 5.26 Å². The molecule has 4 amide bonds. The summed E-state index contributed by atoms with van der Waals surface area (Å²) in [5.74, 6) is 0.850. The van der Waals surface area contributed by atoms with Gasteiger partial charge in [0, 0.05) is 43.2 Å². The normalized spacial score (nSPS) is 26.2. The summed E-state index contributed by atoms with van der Waals surface area (Å²) < 4.78 is 12.2. The Labute approximate surface area is 335 Å². The first kappa shape index (κ1) is 38.6. The molecule has 16 heteroatoms. The van der Waals surface area contributed by atoms with Crippen LogP contribution in [0.4, 0.5) is 5.82 Å². The summed E-state index contributed by atoms with van der Waals surface area (Å²) in [6.45, 7) is 2.63. The molecule has 8 rings (SSSR count). The van der Waals surface area contributed by atoms with Crippen LogP contribution in [-0.4, -0.2) is 93.6 Å². The molecule has 0 radical (unpaired) electrons. The van der Waals surface area contributed by atoms with Gasteiger partial charge in [0.05, 0.1) is 34.6 Å². The second kappa shape index (κ2) is 16.7. The number of fused-ring (bicyclic) bond motifs is 1. The second-order valence-electron chi connectivity index (χ2n) is 15.6. The first-order valence-corrected chi connectivity index (χ1v) is 20.1. The number of nitriles is 1. The molecule has 4 N–H and O–H groups in total. The zero-order chi connectivity index (χ0) is 39.6. The van der Waals surface area contributed by atoms with Crippen molar-refractivity contribution in [3.05, 3.63) is 76.2 Å². The minimum Gasteiger partial charge on any atom is -0.490 e. The summed E-state index contributed by atoms with van der Waals surface area (Å²) in [6.07, 6.45) is 9.16. The van der Waals surface area contributed by atoms with E-state index < -0.39 is 24.1 Å². The fraction of sp³-hybridized carbons (Fsp3) is 0.488. The molecule has 4 heterocycles. The number of hydrogen-bond acceptors (Lipinski definition) is 12. The fourth-order valence-electron chi connectivity index (χ4n) is 8.44. The van der Waals surface area contributed by atoms with Crippen molar-refractivity contribution in [2.45, 2.75) is 101 Å². The molecule has 2 atom stereocenters. The van der Waals surface area contributed by atoms with Crippen LogP contribution >= 0.6 is 11.6 Å². The molecule has 0 bridgehead atoms. The number of aliphatic hydroxyl groups excluding tert-OH is 1. The van der Waals surface area contributed by atoms with Crippen molar-refractivity contribution in [1.82, 2.24) is 30.8 Å². The van der Waals surface area contributed by atoms with Crippen molar-refractivity contribution >= 4 is 41.0 Å². The molecule has 2 saturated heterocycles. The standard InChI is InChI=1S/C41H45ClN8O7/c42-33-18-29(4-1-24(33)19-43)56-27-5-2-25(3-6-27)47-38(52)34-21-46-36(22-45-34)49-13-11-23(12-14-49)20-44-26-15-30(16-26)57-28-7-8-31-32(17-28)41(55)50(40(31)54)35-9-10-37(51)48-39(35)53/h1,4,7-8,17-18,21-23,25-27,30,35,40,44,54H,2-3,5-6,9-16,20H2,(H,47,52)(H,48,51,53). The molecule has 2 saturated carbocycles. The molecule has 3 aromatic rings. The zero-order valence-electron chi connectivity index (χ0n) is 31.4. The fourth-order valence-corrected chi connectivity index (χ4v) is 8.65. The lowest BCUT2D eigenvalue weighted by Gasteiger charge is -2.38. The van der Waals surface area contributed by atoms with Gasteiger partial charge in [-0.2, -0.15) is 5.26 Å². The van der Waals surface area contributed by atoms with E-state index in [1.54, 1.807) is 48.8 Å². The van der Waals surface area contributed by atoms with E-state index in [0.717, 1.165) is 81.7 Å². The molecule has 57 heavy (non-hydrogen) atoms. The van der Waals surface area contributed by atoms with Crippen LogP contribution in [0.2, 0.25) is 5.02 Å². The van der Waals surface area contributed by atoms with Crippen molar-refractivity contribution in [2.24, 2.45) is 5.92 Å². The van der Waals surface area contributed by atoms with E-state index in [9.17, 15) is 24.3 Å². The lowest BCUT2D eigenvalue weighted by Crippen LogP contribution is -2.53. The van der Waals surface area contributed by atoms with Gasteiger partial charge in [0.2, 0.25) is 11.8 Å². The van der Waals surface area contributed by atoms with E-state index >= 15 is 0 Å². The van der Waals surface area contributed by atoms with E-state index in [1.165, 1.54) is 0 Å². The smallest absolute Gasteiger partial charge is 0.271 e. The Hall–Kier alpha value is -5.30. The molecule has 1 aromatic heterocycles. The van der Waals surface area contributed by atoms with Gasteiger partial charge >= 0.3 is 0 Å². The molecule has 0 spiro atoms. The highest BCUT2D eigenvalue weighted by Crippen LogP contribution is 2.38. The number of amides is 4. The third-order valence-electron chi connectivity index (χ3n) is 11.9. The Morgan fingerprint density at radius 2 is 1.67 bits per heavy atom. The molecule has 5 aliphatic rings. The first-order valence-electron chi connectivity index (χ1n) is 19.7. The number of nitrogens with zero attached hydrogens (tertiary/aromatic N) is 5. The summed E-state index contributed by atoms with van der Waals surface area (Å²) in [6, 6.07) is 11.6. The Bertz CT molecular complexity index is 2060. The topological polar surface area (TPSA) is 199 Å². The number of piperidine rings is 2. The average molecular weight is 797 g/mol. The molecular weight excluding hydrogens is 752 g/mol. The van der Waals surface area contributed by atoms with Crippen LogP contribution in [0.5, 0.6) is 11.5 Å². The van der Waals surface area contributed by atoms with Crippen LogP contribution in [-0.2, 0) is 9.59 Å². The highest BCUT2D eigenvalue weighted by atomic mass is 35.5. The van der Waals surface area contributed by atoms with Gasteiger partial charge < -0.3 is 30.1 Å². The largest absolute Gasteiger partial charge is 0.490 e. The second-order valence-corrected chi connectivity index (χ2v) is 16.0. The average Bonchev–Trinajstić information content (AvgIpc) is 3.44. The number of nitrogens with one attached hydrogen (secondary N) is 3. The predicted octanol–water partition coefficient (Wildman–Crippen LogP) is 3.79. The highest BCUT2D eigenvalue weighted by molar-refractivity contribution is 6.31. The predicted molar refractivity (Wildman–Crippen MR) is 206 cm³/mol. The van der Waals surface area contributed by atoms with Crippen LogP contribution < -0.4 is 30.3 Å². The van der Waals surface area contributed by atoms with Gasteiger partial charge in [-0.3, -0.25) is 29.4 Å². The van der Waals surface area contributed by atoms with Crippen LogP contribution in [0.25, 0.3) is 0 Å². The number of imide groups is 1. The first-order chi connectivity index (χ1) is 27.6. The summed E-state index contributed by atoms with van der Waals surface area (Å²) in [4.78, 5) is 62.5. The van der Waals surface area contributed by atoms with E-state index in [1.807, 2.05) is 6.07 Å². The molecule has 2 aromatic carbocycles. The summed E-state index contributed by atoms with van der Waals surface area (Å²) >= 11 is 6.14. The zero-order valence-corrected chi connectivity index (χ0v) is 32.1. The van der Waals surface area contributed by atoms with E-state index in [2.05, 4.69) is 30.8 Å². The van der Waals surface area contributed by atoms with Crippen LogP contribution in [0.1, 0.15) is 102 Å². The van der Waals surface area contributed by atoms with Gasteiger partial charge in [-0.1, -0.05) is 17.7 Å². The maximum absolute atomic E-state index is 13.2. The maximum Gasteiger partial charge on any atom is 0.271 e. The van der Waals surface area contributed by atoms with Gasteiger partial charge in [0.15, 0.2) is 6.23 Å². The molecule has 15 nitrogen and oxygen atoms in total. The number of hydrogen-bond donors (Lipinski definition) is 4. The van der Waals surface area contributed by atoms with Crippen molar-refractivity contribution in [3.63, 3.8) is 0 Å². The molecule has 2 unspecified atom stereocenters. The SMILES string of the molecule is N#Cc1ccc(OC2CCC(NC(=O)c3cnc(N4CCC(CNC5CC(Oc6ccc7c(c6)C(=O)N(C6CCC(=O)NC6=O)C7O)C5)CC4)cn3)CC2)cc1Cl. The number of anilines is 1. The van der Waals surface area contributed by atoms with Crippen molar-refractivity contribution in [2.75, 3.05) is 24.5 Å². The summed E-state index contributed by atoms with van der Waals surface area (Å²) in [7, 11) is 0. The number of halogens is 1. The van der Waals surface area contributed by atoms with E-state index in [4.69, 9.17) is 26.3 Å². The minimum atomic E-state index is -1.25. The number of aliphatic hydroxyl groups is 1. The lowest BCUT2D eigenvalue weighted by molar-refractivity contribution is -0.139. The van der Waals surface area contributed by atoms with Crippen molar-refractivity contribution in [3.8, 4) is 17.6 Å². The number of aromatic nitrogens is 2. The monoisotopic (exact) mass is 796 g/mol. The van der Waals surface area contributed by atoms with Gasteiger partial charge in [-0.25, -0.2) is 9.97 Å². The molecule has 3 aliphatic heterocycles.